The van der Waals surface area contributed by atoms with Gasteiger partial charge in [-0.05, 0) is 48.9 Å². The quantitative estimate of drug-likeness (QED) is 0.224. The van der Waals surface area contributed by atoms with Crippen molar-refractivity contribution < 1.29 is 4.79 Å². The maximum Gasteiger partial charge on any atom is 0.242 e. The first-order chi connectivity index (χ1) is 18.2. The van der Waals surface area contributed by atoms with E-state index in [4.69, 9.17) is 0 Å². The molecule has 5 aromatic rings. The molecule has 1 aliphatic heterocycles. The topological polar surface area (TPSA) is 51.0 Å². The summed E-state index contributed by atoms with van der Waals surface area (Å²) < 4.78 is 2.07. The molecule has 0 saturated heterocycles. The fraction of sp³-hybridized carbons (Fsp3) is 0.100. The Kier molecular flexibility index (Phi) is 6.55. The molecule has 1 aromatic heterocycles. The zero-order chi connectivity index (χ0) is 25.2. The molecular formula is C30H24N4OS2. The number of aromatic nitrogens is 3. The van der Waals surface area contributed by atoms with Crippen molar-refractivity contribution in [3.05, 3.63) is 120 Å². The first-order valence-corrected chi connectivity index (χ1v) is 13.8. The molecule has 182 valence electrons. The second kappa shape index (κ2) is 10.3. The molecule has 5 nitrogen and oxygen atoms in total. The van der Waals surface area contributed by atoms with Crippen LogP contribution in [-0.2, 0) is 11.2 Å². The first kappa shape index (κ1) is 23.6. The number of carbonyl (C=O) groups excluding carboxylic acids is 1. The third-order valence-electron chi connectivity index (χ3n) is 6.20. The Morgan fingerprint density at radius 3 is 2.08 bits per heavy atom. The summed E-state index contributed by atoms with van der Waals surface area (Å²) in [6.07, 6.45) is 0.653. The lowest BCUT2D eigenvalue weighted by molar-refractivity contribution is -0.115. The van der Waals surface area contributed by atoms with Gasteiger partial charge in [-0.2, -0.15) is 0 Å². The van der Waals surface area contributed by atoms with E-state index in [1.807, 2.05) is 59.5 Å². The summed E-state index contributed by atoms with van der Waals surface area (Å²) >= 11 is 3.12. The number of benzene rings is 4. The highest BCUT2D eigenvalue weighted by Crippen LogP contribution is 2.48. The number of thioether (sulfide) groups is 1. The zero-order valence-electron chi connectivity index (χ0n) is 20.2. The Morgan fingerprint density at radius 1 is 0.784 bits per heavy atom. The summed E-state index contributed by atoms with van der Waals surface area (Å²) in [4.78, 5) is 17.7. The molecule has 2 heterocycles. The molecule has 0 spiro atoms. The Hall–Kier alpha value is -3.81. The summed E-state index contributed by atoms with van der Waals surface area (Å²) in [5.41, 5.74) is 5.17. The van der Waals surface area contributed by atoms with Gasteiger partial charge in [0.05, 0.1) is 17.1 Å². The van der Waals surface area contributed by atoms with Gasteiger partial charge in [0.15, 0.2) is 5.16 Å². The lowest BCUT2D eigenvalue weighted by atomic mass is 10.1. The van der Waals surface area contributed by atoms with Crippen molar-refractivity contribution in [1.29, 1.82) is 0 Å². The Bertz CT molecular complexity index is 1520. The van der Waals surface area contributed by atoms with E-state index in [1.165, 1.54) is 17.3 Å². The van der Waals surface area contributed by atoms with E-state index in [2.05, 4.69) is 70.2 Å². The number of amides is 1. The fourth-order valence-electron chi connectivity index (χ4n) is 4.40. The van der Waals surface area contributed by atoms with E-state index in [0.717, 1.165) is 38.2 Å². The SMILES string of the molecule is Cc1ccc(-n2c(Cc3ccccc3)nnc2SCC(=O)N2c3ccccc3Sc3ccccc32)cc1. The molecule has 0 bridgehead atoms. The van der Waals surface area contributed by atoms with Crippen LogP contribution in [0.25, 0.3) is 5.69 Å². The summed E-state index contributed by atoms with van der Waals surface area (Å²) in [6.45, 7) is 2.07. The first-order valence-electron chi connectivity index (χ1n) is 12.0. The van der Waals surface area contributed by atoms with E-state index in [0.29, 0.717) is 11.6 Å². The molecule has 4 aromatic carbocycles. The molecule has 0 unspecified atom stereocenters. The summed E-state index contributed by atoms with van der Waals surface area (Å²) in [7, 11) is 0. The predicted molar refractivity (Wildman–Crippen MR) is 150 cm³/mol. The number of aryl methyl sites for hydroxylation is 1. The highest BCUT2D eigenvalue weighted by atomic mass is 32.2. The van der Waals surface area contributed by atoms with Crippen molar-refractivity contribution in [2.24, 2.45) is 0 Å². The standard InChI is InChI=1S/C30H24N4OS2/c1-21-15-17-23(18-16-21)33-28(19-22-9-3-2-4-10-22)31-32-30(33)36-20-29(35)34-24-11-5-7-13-26(24)37-27-14-8-6-12-25(27)34/h2-18H,19-20H2,1H3. The van der Waals surface area contributed by atoms with Crippen molar-refractivity contribution in [3.63, 3.8) is 0 Å². The Balaban J connectivity index is 1.31. The molecular weight excluding hydrogens is 496 g/mol. The van der Waals surface area contributed by atoms with Gasteiger partial charge in [-0.1, -0.05) is 95.8 Å². The maximum atomic E-state index is 13.7. The lowest BCUT2D eigenvalue weighted by Crippen LogP contribution is -2.30. The second-order valence-corrected chi connectivity index (χ2v) is 10.8. The average Bonchev–Trinajstić information content (AvgIpc) is 3.33. The van der Waals surface area contributed by atoms with Gasteiger partial charge in [-0.3, -0.25) is 14.3 Å². The van der Waals surface area contributed by atoms with Gasteiger partial charge in [0, 0.05) is 21.9 Å². The minimum absolute atomic E-state index is 0.00765. The minimum atomic E-state index is 0.00765. The van der Waals surface area contributed by atoms with Crippen LogP contribution in [0.1, 0.15) is 17.0 Å². The van der Waals surface area contributed by atoms with Gasteiger partial charge in [-0.25, -0.2) is 0 Å². The summed E-state index contributed by atoms with van der Waals surface area (Å²) in [5.74, 6) is 1.09. The highest BCUT2D eigenvalue weighted by molar-refractivity contribution is 8.00. The van der Waals surface area contributed by atoms with Crippen molar-refractivity contribution in [2.75, 3.05) is 10.7 Å². The molecule has 1 aliphatic rings. The molecule has 0 N–H and O–H groups in total. The van der Waals surface area contributed by atoms with Gasteiger partial charge in [0.1, 0.15) is 5.82 Å². The van der Waals surface area contributed by atoms with Gasteiger partial charge >= 0.3 is 0 Å². The molecule has 0 fully saturated rings. The number of para-hydroxylation sites is 2. The van der Waals surface area contributed by atoms with Crippen LogP contribution >= 0.6 is 23.5 Å². The van der Waals surface area contributed by atoms with E-state index in [-0.39, 0.29) is 11.7 Å². The van der Waals surface area contributed by atoms with Crippen molar-refractivity contribution in [3.8, 4) is 5.69 Å². The van der Waals surface area contributed by atoms with Crippen LogP contribution in [-0.4, -0.2) is 26.4 Å². The maximum absolute atomic E-state index is 13.7. The predicted octanol–water partition coefficient (Wildman–Crippen LogP) is 7.09. The van der Waals surface area contributed by atoms with Crippen LogP contribution in [0.2, 0.25) is 0 Å². The highest BCUT2D eigenvalue weighted by Gasteiger charge is 2.28. The zero-order valence-corrected chi connectivity index (χ0v) is 21.9. The van der Waals surface area contributed by atoms with Crippen LogP contribution in [0, 0.1) is 6.92 Å². The summed E-state index contributed by atoms with van der Waals surface area (Å²) in [6, 6.07) is 34.7. The minimum Gasteiger partial charge on any atom is -0.278 e. The molecule has 1 amide bonds. The molecule has 0 radical (unpaired) electrons. The molecule has 0 saturated carbocycles. The third kappa shape index (κ3) is 4.80. The molecule has 7 heteroatoms. The number of nitrogens with zero attached hydrogens (tertiary/aromatic N) is 4. The van der Waals surface area contributed by atoms with Crippen molar-refractivity contribution >= 4 is 40.8 Å². The summed E-state index contributed by atoms with van der Waals surface area (Å²) in [5, 5.41) is 9.76. The molecule has 6 rings (SSSR count). The van der Waals surface area contributed by atoms with Crippen LogP contribution in [0.15, 0.2) is 118 Å². The normalized spacial score (nSPS) is 12.2. The van der Waals surface area contributed by atoms with E-state index >= 15 is 0 Å². The van der Waals surface area contributed by atoms with Gasteiger partial charge in [0.2, 0.25) is 5.91 Å². The molecule has 37 heavy (non-hydrogen) atoms. The van der Waals surface area contributed by atoms with E-state index in [9.17, 15) is 4.79 Å². The molecule has 0 aliphatic carbocycles. The smallest absolute Gasteiger partial charge is 0.242 e. The van der Waals surface area contributed by atoms with Crippen LogP contribution in [0.3, 0.4) is 0 Å². The average molecular weight is 521 g/mol. The van der Waals surface area contributed by atoms with E-state index in [1.54, 1.807) is 11.8 Å². The van der Waals surface area contributed by atoms with Crippen LogP contribution < -0.4 is 4.90 Å². The largest absolute Gasteiger partial charge is 0.278 e. The second-order valence-electron chi connectivity index (χ2n) is 8.79. The molecule has 0 atom stereocenters. The van der Waals surface area contributed by atoms with Crippen LogP contribution in [0.4, 0.5) is 11.4 Å². The monoisotopic (exact) mass is 520 g/mol. The van der Waals surface area contributed by atoms with Crippen molar-refractivity contribution in [2.45, 2.75) is 28.3 Å². The number of carbonyl (C=O) groups is 1. The van der Waals surface area contributed by atoms with Gasteiger partial charge in [0.25, 0.3) is 0 Å². The Morgan fingerprint density at radius 2 is 1.41 bits per heavy atom. The number of anilines is 2. The van der Waals surface area contributed by atoms with Gasteiger partial charge < -0.3 is 0 Å². The van der Waals surface area contributed by atoms with Gasteiger partial charge in [-0.15, -0.1) is 10.2 Å². The van der Waals surface area contributed by atoms with E-state index < -0.39 is 0 Å². The number of fused-ring (bicyclic) bond motifs is 2. The van der Waals surface area contributed by atoms with Crippen molar-refractivity contribution in [1.82, 2.24) is 14.8 Å². The number of hydrogen-bond acceptors (Lipinski definition) is 5. The third-order valence-corrected chi connectivity index (χ3v) is 8.25. The Labute approximate surface area is 224 Å². The van der Waals surface area contributed by atoms with Crippen LogP contribution in [0.5, 0.6) is 0 Å². The number of hydrogen-bond donors (Lipinski definition) is 0. The lowest BCUT2D eigenvalue weighted by Gasteiger charge is -2.30. The number of rotatable bonds is 6. The fourth-order valence-corrected chi connectivity index (χ4v) is 6.28.